The fraction of sp³-hybridized carbons (Fsp3) is 0.0800. The standard InChI is InChI=1S/C25H22N4OS/c1-17(22-16-11-18-7-5-6-10-23(18)29-22)26-25(31)28-21-14-12-20(13-15-21)27-24(30)19-8-3-2-4-9-19/h2-17H,1H3,(H,27,30)(H2,26,28,31). The number of anilines is 2. The van der Waals surface area contributed by atoms with Gasteiger partial charge in [-0.1, -0.05) is 42.5 Å². The Morgan fingerprint density at radius 2 is 1.45 bits per heavy atom. The van der Waals surface area contributed by atoms with Crippen LogP contribution >= 0.6 is 12.2 Å². The first-order chi connectivity index (χ1) is 15.1. The molecule has 0 radical (unpaired) electrons. The highest BCUT2D eigenvalue weighted by molar-refractivity contribution is 7.80. The summed E-state index contributed by atoms with van der Waals surface area (Å²) in [5.41, 5.74) is 4.04. The number of hydrogen-bond donors (Lipinski definition) is 3. The largest absolute Gasteiger partial charge is 0.354 e. The minimum atomic E-state index is -0.143. The quantitative estimate of drug-likeness (QED) is 0.366. The van der Waals surface area contributed by atoms with Gasteiger partial charge in [0.15, 0.2) is 5.11 Å². The first-order valence-corrected chi connectivity index (χ1v) is 10.4. The lowest BCUT2D eigenvalue weighted by molar-refractivity contribution is 0.102. The van der Waals surface area contributed by atoms with Crippen LogP contribution in [0.15, 0.2) is 91.0 Å². The average molecular weight is 427 g/mol. The third-order valence-corrected chi connectivity index (χ3v) is 5.07. The normalized spacial score (nSPS) is 11.5. The van der Waals surface area contributed by atoms with E-state index < -0.39 is 0 Å². The molecule has 31 heavy (non-hydrogen) atoms. The van der Waals surface area contributed by atoms with Crippen molar-refractivity contribution in [1.29, 1.82) is 0 Å². The van der Waals surface area contributed by atoms with Gasteiger partial charge in [-0.15, -0.1) is 0 Å². The van der Waals surface area contributed by atoms with Gasteiger partial charge in [0.2, 0.25) is 0 Å². The van der Waals surface area contributed by atoms with Crippen LogP contribution in [-0.4, -0.2) is 16.0 Å². The molecule has 0 aliphatic rings. The molecule has 0 saturated heterocycles. The fourth-order valence-electron chi connectivity index (χ4n) is 3.19. The van der Waals surface area contributed by atoms with E-state index in [1.54, 1.807) is 12.1 Å². The number of nitrogens with zero attached hydrogens (tertiary/aromatic N) is 1. The van der Waals surface area contributed by atoms with Crippen LogP contribution in [0.5, 0.6) is 0 Å². The monoisotopic (exact) mass is 426 g/mol. The summed E-state index contributed by atoms with van der Waals surface area (Å²) >= 11 is 5.46. The molecule has 1 unspecified atom stereocenters. The van der Waals surface area contributed by atoms with Gasteiger partial charge < -0.3 is 16.0 Å². The fourth-order valence-corrected chi connectivity index (χ4v) is 3.49. The van der Waals surface area contributed by atoms with Gasteiger partial charge in [0.25, 0.3) is 5.91 Å². The summed E-state index contributed by atoms with van der Waals surface area (Å²) in [4.78, 5) is 17.0. The molecule has 1 heterocycles. The Morgan fingerprint density at radius 1 is 0.806 bits per heavy atom. The van der Waals surface area contributed by atoms with Crippen molar-refractivity contribution in [2.75, 3.05) is 10.6 Å². The number of pyridine rings is 1. The van der Waals surface area contributed by atoms with Gasteiger partial charge in [0.05, 0.1) is 17.3 Å². The molecule has 4 aromatic rings. The Hall–Kier alpha value is -3.77. The first kappa shape index (κ1) is 20.5. The number of amides is 1. The third kappa shape index (κ3) is 5.24. The molecule has 4 rings (SSSR count). The van der Waals surface area contributed by atoms with E-state index in [0.717, 1.165) is 22.3 Å². The van der Waals surface area contributed by atoms with Gasteiger partial charge in [-0.05, 0) is 67.7 Å². The van der Waals surface area contributed by atoms with E-state index >= 15 is 0 Å². The average Bonchev–Trinajstić information content (AvgIpc) is 2.80. The molecule has 0 bridgehead atoms. The molecular formula is C25H22N4OS. The summed E-state index contributed by atoms with van der Waals surface area (Å²) in [7, 11) is 0. The van der Waals surface area contributed by atoms with Crippen molar-refractivity contribution >= 4 is 45.5 Å². The Morgan fingerprint density at radius 3 is 2.19 bits per heavy atom. The van der Waals surface area contributed by atoms with Crippen LogP contribution in [-0.2, 0) is 0 Å². The summed E-state index contributed by atoms with van der Waals surface area (Å²) in [5, 5.41) is 10.9. The van der Waals surface area contributed by atoms with E-state index in [-0.39, 0.29) is 11.9 Å². The summed E-state index contributed by atoms with van der Waals surface area (Å²) in [6.45, 7) is 2.02. The number of fused-ring (bicyclic) bond motifs is 1. The highest BCUT2D eigenvalue weighted by Gasteiger charge is 2.10. The van der Waals surface area contributed by atoms with Gasteiger partial charge in [0.1, 0.15) is 0 Å². The Kier molecular flexibility index (Phi) is 6.19. The molecule has 3 aromatic carbocycles. The topological polar surface area (TPSA) is 66.0 Å². The second kappa shape index (κ2) is 9.36. The second-order valence-electron chi connectivity index (χ2n) is 7.15. The SMILES string of the molecule is CC(NC(=S)Nc1ccc(NC(=O)c2ccccc2)cc1)c1ccc2ccccc2n1. The summed E-state index contributed by atoms with van der Waals surface area (Å²) in [6.07, 6.45) is 0. The lowest BCUT2D eigenvalue weighted by Crippen LogP contribution is -2.31. The van der Waals surface area contributed by atoms with Crippen molar-refractivity contribution in [3.63, 3.8) is 0 Å². The Balaban J connectivity index is 1.34. The Labute approximate surface area is 186 Å². The molecule has 1 aromatic heterocycles. The van der Waals surface area contributed by atoms with E-state index in [2.05, 4.69) is 22.0 Å². The lowest BCUT2D eigenvalue weighted by Gasteiger charge is -2.17. The van der Waals surface area contributed by atoms with Crippen LogP contribution in [0.1, 0.15) is 29.0 Å². The molecular weight excluding hydrogens is 404 g/mol. The van der Waals surface area contributed by atoms with Crippen molar-refractivity contribution in [3.8, 4) is 0 Å². The smallest absolute Gasteiger partial charge is 0.255 e. The molecule has 154 valence electrons. The highest BCUT2D eigenvalue weighted by atomic mass is 32.1. The molecule has 1 atom stereocenters. The van der Waals surface area contributed by atoms with E-state index in [9.17, 15) is 4.79 Å². The van der Waals surface area contributed by atoms with Crippen molar-refractivity contribution in [3.05, 3.63) is 102 Å². The van der Waals surface area contributed by atoms with Crippen LogP contribution in [0.25, 0.3) is 10.9 Å². The van der Waals surface area contributed by atoms with Gasteiger partial charge in [-0.3, -0.25) is 9.78 Å². The maximum absolute atomic E-state index is 12.3. The van der Waals surface area contributed by atoms with E-state index in [0.29, 0.717) is 16.4 Å². The number of rotatable bonds is 5. The van der Waals surface area contributed by atoms with E-state index in [4.69, 9.17) is 17.2 Å². The van der Waals surface area contributed by atoms with Gasteiger partial charge >= 0.3 is 0 Å². The molecule has 0 aliphatic carbocycles. The zero-order chi connectivity index (χ0) is 21.6. The first-order valence-electron chi connectivity index (χ1n) is 9.98. The van der Waals surface area contributed by atoms with Gasteiger partial charge in [-0.2, -0.15) is 0 Å². The lowest BCUT2D eigenvalue weighted by atomic mass is 10.1. The zero-order valence-electron chi connectivity index (χ0n) is 17.0. The van der Waals surface area contributed by atoms with Gasteiger partial charge in [-0.25, -0.2) is 0 Å². The molecule has 5 nitrogen and oxygen atoms in total. The second-order valence-corrected chi connectivity index (χ2v) is 7.55. The van der Waals surface area contributed by atoms with Crippen molar-refractivity contribution < 1.29 is 4.79 Å². The predicted molar refractivity (Wildman–Crippen MR) is 130 cm³/mol. The maximum Gasteiger partial charge on any atom is 0.255 e. The molecule has 0 fully saturated rings. The number of hydrogen-bond acceptors (Lipinski definition) is 3. The van der Waals surface area contributed by atoms with Crippen LogP contribution < -0.4 is 16.0 Å². The van der Waals surface area contributed by atoms with Crippen molar-refractivity contribution in [2.45, 2.75) is 13.0 Å². The van der Waals surface area contributed by atoms with Gasteiger partial charge in [0, 0.05) is 22.3 Å². The van der Waals surface area contributed by atoms with Crippen LogP contribution in [0.3, 0.4) is 0 Å². The number of carbonyl (C=O) groups is 1. The maximum atomic E-state index is 12.3. The number of thiocarbonyl (C=S) groups is 1. The number of carbonyl (C=O) groups excluding carboxylic acids is 1. The number of aromatic nitrogens is 1. The van der Waals surface area contributed by atoms with Crippen molar-refractivity contribution in [2.24, 2.45) is 0 Å². The van der Waals surface area contributed by atoms with E-state index in [1.165, 1.54) is 0 Å². The van der Waals surface area contributed by atoms with Crippen LogP contribution in [0.4, 0.5) is 11.4 Å². The number of benzene rings is 3. The minimum Gasteiger partial charge on any atom is -0.354 e. The third-order valence-electron chi connectivity index (χ3n) is 4.85. The summed E-state index contributed by atoms with van der Waals surface area (Å²) < 4.78 is 0. The minimum absolute atomic E-state index is 0.0472. The molecule has 1 amide bonds. The Bertz CT molecular complexity index is 1210. The predicted octanol–water partition coefficient (Wildman–Crippen LogP) is 5.53. The molecule has 3 N–H and O–H groups in total. The highest BCUT2D eigenvalue weighted by Crippen LogP contribution is 2.18. The molecule has 0 spiro atoms. The van der Waals surface area contributed by atoms with Crippen LogP contribution in [0.2, 0.25) is 0 Å². The zero-order valence-corrected chi connectivity index (χ0v) is 17.8. The summed E-state index contributed by atoms with van der Waals surface area (Å²) in [5.74, 6) is -0.143. The van der Waals surface area contributed by atoms with Crippen molar-refractivity contribution in [1.82, 2.24) is 10.3 Å². The summed E-state index contributed by atoms with van der Waals surface area (Å²) in [6, 6.07) is 28.6. The van der Waals surface area contributed by atoms with Crippen LogP contribution in [0, 0.1) is 0 Å². The number of nitrogens with one attached hydrogen (secondary N) is 3. The number of para-hydroxylation sites is 1. The molecule has 6 heteroatoms. The molecule has 0 saturated carbocycles. The molecule has 0 aliphatic heterocycles. The van der Waals surface area contributed by atoms with E-state index in [1.807, 2.05) is 79.7 Å².